The lowest BCUT2D eigenvalue weighted by Gasteiger charge is -2.03. The molecule has 0 unspecified atom stereocenters. The molecule has 2 aliphatic heterocycles. The molecule has 0 aliphatic carbocycles. The normalized spacial score (nSPS) is 13.3. The molecule has 2 aliphatic rings. The number of halogens is 1. The van der Waals surface area contributed by atoms with E-state index < -0.39 is 0 Å². The van der Waals surface area contributed by atoms with Crippen LogP contribution in [-0.4, -0.2) is 25.6 Å². The summed E-state index contributed by atoms with van der Waals surface area (Å²) >= 11 is 3.34. The molecule has 0 atom stereocenters. The van der Waals surface area contributed by atoms with Crippen LogP contribution in [0.15, 0.2) is 151 Å². The van der Waals surface area contributed by atoms with Crippen LogP contribution in [0.2, 0.25) is 0 Å². The molecule has 0 spiro atoms. The second-order valence-corrected chi connectivity index (χ2v) is 11.4. The fraction of sp³-hybridized carbons (Fsp3) is 0.103. The van der Waals surface area contributed by atoms with Crippen LogP contribution in [0.4, 0.5) is 0 Å². The minimum atomic E-state index is 0.755. The van der Waals surface area contributed by atoms with E-state index in [1.165, 1.54) is 16.8 Å². The number of aryl methyl sites for hydroxylation is 1. The highest BCUT2D eigenvalue weighted by Gasteiger charge is 2.11. The first-order valence-corrected chi connectivity index (χ1v) is 16.5. The fourth-order valence-electron chi connectivity index (χ4n) is 5.04. The highest BCUT2D eigenvalue weighted by atomic mass is 79.9. The number of nitrogens with zero attached hydrogens (tertiary/aromatic N) is 5. The number of rotatable bonds is 6. The van der Waals surface area contributed by atoms with Crippen LogP contribution in [0, 0.1) is 0 Å². The van der Waals surface area contributed by atoms with Crippen LogP contribution in [0.3, 0.4) is 0 Å². The van der Waals surface area contributed by atoms with E-state index >= 15 is 0 Å². The van der Waals surface area contributed by atoms with Crippen molar-refractivity contribution in [2.45, 2.75) is 24.6 Å². The van der Waals surface area contributed by atoms with Crippen LogP contribution < -0.4 is 10.6 Å². The third-order valence-electron chi connectivity index (χ3n) is 7.44. The van der Waals surface area contributed by atoms with Gasteiger partial charge in [0.1, 0.15) is 0 Å². The molecule has 0 radical (unpaired) electrons. The standard InChI is InChI=1S/C20H17N3.C10H10N2.C9H7BrN2/c1-2-6-15(7-3-1)18-13-12-16(22-18)10-11-17-14-21-19-8-4-5-9-20(19)23-17;1-8-11-7-10(12-8)9-5-3-2-4-6-9;10-5-7-6-11-8-3-1-2-4-9(8)12-7/h1-9,13-14H,10-12H2;2-7,11-12H,1H2;1-4,6H,5H2. The van der Waals surface area contributed by atoms with Crippen molar-refractivity contribution < 1.29 is 0 Å². The van der Waals surface area contributed by atoms with E-state index in [1.807, 2.05) is 97.3 Å². The first-order chi connectivity index (χ1) is 23.1. The van der Waals surface area contributed by atoms with Gasteiger partial charge in [-0.05, 0) is 48.2 Å². The average molecular weight is 681 g/mol. The molecule has 2 aromatic heterocycles. The Bertz CT molecular complexity index is 2070. The first-order valence-electron chi connectivity index (χ1n) is 15.4. The van der Waals surface area contributed by atoms with Crippen LogP contribution in [0.5, 0.6) is 0 Å². The summed E-state index contributed by atoms with van der Waals surface area (Å²) in [5, 5.41) is 6.88. The minimum absolute atomic E-state index is 0.755. The zero-order chi connectivity index (χ0) is 32.3. The second-order valence-electron chi connectivity index (χ2n) is 10.8. The Morgan fingerprint density at radius 3 is 1.79 bits per heavy atom. The van der Waals surface area contributed by atoms with Gasteiger partial charge >= 0.3 is 0 Å². The lowest BCUT2D eigenvalue weighted by molar-refractivity contribution is 0.961. The number of allylic oxidation sites excluding steroid dienone is 1. The summed E-state index contributed by atoms with van der Waals surface area (Å²) in [7, 11) is 0. The molecule has 8 rings (SSSR count). The molecule has 7 nitrogen and oxygen atoms in total. The molecule has 0 saturated carbocycles. The van der Waals surface area contributed by atoms with Gasteiger partial charge in [0, 0.05) is 36.1 Å². The van der Waals surface area contributed by atoms with Crippen molar-refractivity contribution in [2.24, 2.45) is 4.99 Å². The van der Waals surface area contributed by atoms with Gasteiger partial charge in [0.2, 0.25) is 0 Å². The summed E-state index contributed by atoms with van der Waals surface area (Å²) in [5.74, 6) is 0.828. The molecule has 0 amide bonds. The maximum absolute atomic E-state index is 4.77. The smallest absolute Gasteiger partial charge is 0.0998 e. The summed E-state index contributed by atoms with van der Waals surface area (Å²) in [6, 6.07) is 36.3. The Hall–Kier alpha value is -5.47. The molecule has 4 aromatic carbocycles. The molecule has 0 saturated heterocycles. The SMILES string of the molecule is BrCc1cnc2ccccc2n1.C1=C(c2ccccc2)N=C(CCc2cnc3ccccc3n2)C1.C=C1NC=C(c2ccccc2)N1. The van der Waals surface area contributed by atoms with Crippen molar-refractivity contribution in [1.82, 2.24) is 30.6 Å². The Morgan fingerprint density at radius 1 is 0.638 bits per heavy atom. The average Bonchev–Trinajstić information content (AvgIpc) is 3.81. The highest BCUT2D eigenvalue weighted by molar-refractivity contribution is 9.08. The van der Waals surface area contributed by atoms with Gasteiger partial charge in [-0.25, -0.2) is 9.97 Å². The number of para-hydroxylation sites is 4. The molecular weight excluding hydrogens is 646 g/mol. The number of benzene rings is 4. The first kappa shape index (κ1) is 31.5. The van der Waals surface area contributed by atoms with Crippen molar-refractivity contribution in [3.63, 3.8) is 0 Å². The van der Waals surface area contributed by atoms with Crippen molar-refractivity contribution in [3.05, 3.63) is 169 Å². The van der Waals surface area contributed by atoms with Crippen LogP contribution in [0.25, 0.3) is 33.5 Å². The van der Waals surface area contributed by atoms with E-state index in [0.717, 1.165) is 75.3 Å². The van der Waals surface area contributed by atoms with Gasteiger partial charge in [-0.3, -0.25) is 15.0 Å². The number of alkyl halides is 1. The molecule has 0 fully saturated rings. The predicted molar refractivity (Wildman–Crippen MR) is 196 cm³/mol. The molecule has 47 heavy (non-hydrogen) atoms. The van der Waals surface area contributed by atoms with Crippen molar-refractivity contribution in [2.75, 3.05) is 0 Å². The van der Waals surface area contributed by atoms with E-state index in [2.05, 4.69) is 83.4 Å². The third kappa shape index (κ3) is 8.62. The number of hydrogen-bond donors (Lipinski definition) is 2. The lowest BCUT2D eigenvalue weighted by Crippen LogP contribution is -2.09. The zero-order valence-electron chi connectivity index (χ0n) is 25.9. The van der Waals surface area contributed by atoms with Gasteiger partial charge in [0.05, 0.1) is 50.7 Å². The summed E-state index contributed by atoms with van der Waals surface area (Å²) in [6.45, 7) is 3.76. The van der Waals surface area contributed by atoms with Gasteiger partial charge in [-0.1, -0.05) is 114 Å². The van der Waals surface area contributed by atoms with Crippen molar-refractivity contribution in [3.8, 4) is 0 Å². The Morgan fingerprint density at radius 2 is 1.19 bits per heavy atom. The Balaban J connectivity index is 0.000000136. The summed E-state index contributed by atoms with van der Waals surface area (Å²) < 4.78 is 0. The molecule has 232 valence electrons. The largest absolute Gasteiger partial charge is 0.347 e. The van der Waals surface area contributed by atoms with Crippen LogP contribution in [-0.2, 0) is 11.8 Å². The summed E-state index contributed by atoms with van der Waals surface area (Å²) in [4.78, 5) is 22.6. The quantitative estimate of drug-likeness (QED) is 0.171. The summed E-state index contributed by atoms with van der Waals surface area (Å²) in [6.07, 6.45) is 10.5. The third-order valence-corrected chi connectivity index (χ3v) is 8.02. The van der Waals surface area contributed by atoms with E-state index in [0.29, 0.717) is 0 Å². The van der Waals surface area contributed by atoms with Gasteiger partial charge in [0.25, 0.3) is 0 Å². The van der Waals surface area contributed by atoms with Gasteiger partial charge in [-0.15, -0.1) is 0 Å². The molecular formula is C39H34BrN7. The van der Waals surface area contributed by atoms with Gasteiger partial charge in [0.15, 0.2) is 0 Å². The van der Waals surface area contributed by atoms with E-state index in [-0.39, 0.29) is 0 Å². The van der Waals surface area contributed by atoms with Crippen LogP contribution in [0.1, 0.15) is 35.4 Å². The number of aromatic nitrogens is 4. The number of aliphatic imine (C=N–C) groups is 1. The lowest BCUT2D eigenvalue weighted by atomic mass is 10.1. The second kappa shape index (κ2) is 15.7. The van der Waals surface area contributed by atoms with Crippen molar-refractivity contribution in [1.29, 1.82) is 0 Å². The number of hydrogen-bond acceptors (Lipinski definition) is 7. The molecule has 6 aromatic rings. The molecule has 0 bridgehead atoms. The number of nitrogens with one attached hydrogen (secondary N) is 2. The Labute approximate surface area is 283 Å². The molecule has 8 heteroatoms. The predicted octanol–water partition coefficient (Wildman–Crippen LogP) is 8.62. The van der Waals surface area contributed by atoms with E-state index in [4.69, 9.17) is 4.99 Å². The van der Waals surface area contributed by atoms with Gasteiger partial charge in [-0.2, -0.15) is 0 Å². The van der Waals surface area contributed by atoms with Gasteiger partial charge < -0.3 is 10.6 Å². The highest BCUT2D eigenvalue weighted by Crippen LogP contribution is 2.23. The van der Waals surface area contributed by atoms with Crippen LogP contribution >= 0.6 is 15.9 Å². The molecule has 4 heterocycles. The van der Waals surface area contributed by atoms with E-state index in [1.54, 1.807) is 6.20 Å². The summed E-state index contributed by atoms with van der Waals surface area (Å²) in [5.41, 5.74) is 11.5. The maximum atomic E-state index is 4.77. The fourth-order valence-corrected chi connectivity index (χ4v) is 5.31. The minimum Gasteiger partial charge on any atom is -0.347 e. The topological polar surface area (TPSA) is 88.0 Å². The Kier molecular flexibility index (Phi) is 10.5. The van der Waals surface area contributed by atoms with Crippen molar-refractivity contribution >= 4 is 55.1 Å². The monoisotopic (exact) mass is 679 g/mol. The van der Waals surface area contributed by atoms with E-state index in [9.17, 15) is 0 Å². The molecule has 2 N–H and O–H groups in total. The zero-order valence-corrected chi connectivity index (χ0v) is 27.4. The maximum Gasteiger partial charge on any atom is 0.0998 e. The number of fused-ring (bicyclic) bond motifs is 2.